The number of urea groups is 1. The van der Waals surface area contributed by atoms with Crippen molar-refractivity contribution in [2.45, 2.75) is 45.3 Å². The van der Waals surface area contributed by atoms with Crippen LogP contribution < -0.4 is 10.6 Å². The van der Waals surface area contributed by atoms with Crippen LogP contribution in [0.25, 0.3) is 0 Å². The topological polar surface area (TPSA) is 87.7 Å². The van der Waals surface area contributed by atoms with Crippen LogP contribution in [0, 0.1) is 5.92 Å². The smallest absolute Gasteiger partial charge is 0.326 e. The minimum atomic E-state index is -0.996. The summed E-state index contributed by atoms with van der Waals surface area (Å²) in [5.41, 5.74) is 0. The lowest BCUT2D eigenvalue weighted by Gasteiger charge is -2.17. The van der Waals surface area contributed by atoms with Crippen molar-refractivity contribution in [3.8, 4) is 0 Å². The SMILES string of the molecule is CCC[C@@H](NC(=O)NCC1CCOC1C)C(=O)O. The van der Waals surface area contributed by atoms with E-state index in [0.29, 0.717) is 25.3 Å². The number of carbonyl (C=O) groups excluding carboxylic acids is 1. The molecule has 1 aliphatic rings. The van der Waals surface area contributed by atoms with E-state index in [2.05, 4.69) is 10.6 Å². The molecule has 1 fully saturated rings. The molecular weight excluding hydrogens is 236 g/mol. The van der Waals surface area contributed by atoms with Crippen LogP contribution in [0.4, 0.5) is 4.79 Å². The molecular formula is C12H22N2O4. The Morgan fingerprint density at radius 1 is 1.50 bits per heavy atom. The molecule has 2 unspecified atom stereocenters. The third-order valence-corrected chi connectivity index (χ3v) is 3.24. The summed E-state index contributed by atoms with van der Waals surface area (Å²) < 4.78 is 5.39. The Hall–Kier alpha value is -1.30. The molecule has 3 atom stereocenters. The first-order valence-corrected chi connectivity index (χ1v) is 6.43. The molecule has 0 radical (unpaired) electrons. The van der Waals surface area contributed by atoms with Crippen molar-refractivity contribution in [2.75, 3.05) is 13.2 Å². The second-order valence-corrected chi connectivity index (χ2v) is 4.66. The van der Waals surface area contributed by atoms with Crippen LogP contribution in [0.5, 0.6) is 0 Å². The summed E-state index contributed by atoms with van der Waals surface area (Å²) in [6.45, 7) is 5.11. The highest BCUT2D eigenvalue weighted by Gasteiger charge is 2.25. The van der Waals surface area contributed by atoms with Gasteiger partial charge < -0.3 is 20.5 Å². The van der Waals surface area contributed by atoms with E-state index in [1.165, 1.54) is 0 Å². The fraction of sp³-hybridized carbons (Fsp3) is 0.833. The number of hydrogen-bond acceptors (Lipinski definition) is 3. The minimum Gasteiger partial charge on any atom is -0.480 e. The summed E-state index contributed by atoms with van der Waals surface area (Å²) >= 11 is 0. The predicted octanol–water partition coefficient (Wildman–Crippen LogP) is 0.964. The molecule has 3 N–H and O–H groups in total. The monoisotopic (exact) mass is 258 g/mol. The fourth-order valence-corrected chi connectivity index (χ4v) is 2.02. The molecule has 0 bridgehead atoms. The van der Waals surface area contributed by atoms with Gasteiger partial charge in [-0.2, -0.15) is 0 Å². The van der Waals surface area contributed by atoms with E-state index < -0.39 is 18.0 Å². The van der Waals surface area contributed by atoms with E-state index in [1.54, 1.807) is 0 Å². The molecule has 0 aliphatic carbocycles. The third kappa shape index (κ3) is 4.52. The second kappa shape index (κ2) is 7.20. The van der Waals surface area contributed by atoms with E-state index in [0.717, 1.165) is 13.0 Å². The van der Waals surface area contributed by atoms with Crippen molar-refractivity contribution < 1.29 is 19.4 Å². The van der Waals surface area contributed by atoms with Crippen LogP contribution in [0.2, 0.25) is 0 Å². The number of amides is 2. The van der Waals surface area contributed by atoms with E-state index in [9.17, 15) is 9.59 Å². The van der Waals surface area contributed by atoms with Gasteiger partial charge in [0.15, 0.2) is 0 Å². The van der Waals surface area contributed by atoms with Gasteiger partial charge in [0, 0.05) is 19.1 Å². The van der Waals surface area contributed by atoms with E-state index in [-0.39, 0.29) is 6.10 Å². The molecule has 6 nitrogen and oxygen atoms in total. The maximum atomic E-state index is 11.6. The molecule has 0 aromatic carbocycles. The molecule has 18 heavy (non-hydrogen) atoms. The Morgan fingerprint density at radius 3 is 2.72 bits per heavy atom. The highest BCUT2D eigenvalue weighted by atomic mass is 16.5. The van der Waals surface area contributed by atoms with Gasteiger partial charge in [-0.3, -0.25) is 0 Å². The van der Waals surface area contributed by atoms with Crippen molar-refractivity contribution in [1.29, 1.82) is 0 Å². The Morgan fingerprint density at radius 2 is 2.22 bits per heavy atom. The van der Waals surface area contributed by atoms with E-state index >= 15 is 0 Å². The van der Waals surface area contributed by atoms with Crippen LogP contribution in [-0.2, 0) is 9.53 Å². The molecule has 2 amide bonds. The van der Waals surface area contributed by atoms with Crippen molar-refractivity contribution in [3.05, 3.63) is 0 Å². The molecule has 0 spiro atoms. The number of nitrogens with one attached hydrogen (secondary N) is 2. The zero-order chi connectivity index (χ0) is 13.5. The average molecular weight is 258 g/mol. The quantitative estimate of drug-likeness (QED) is 0.662. The van der Waals surface area contributed by atoms with Crippen LogP contribution >= 0.6 is 0 Å². The summed E-state index contributed by atoms with van der Waals surface area (Å²) in [6.07, 6.45) is 2.23. The van der Waals surface area contributed by atoms with Gasteiger partial charge in [0.1, 0.15) is 6.04 Å². The molecule has 1 heterocycles. The van der Waals surface area contributed by atoms with Gasteiger partial charge >= 0.3 is 12.0 Å². The molecule has 1 rings (SSSR count). The normalized spacial score (nSPS) is 24.6. The summed E-state index contributed by atoms with van der Waals surface area (Å²) in [5, 5.41) is 14.1. The Kier molecular flexibility index (Phi) is 5.91. The first-order valence-electron chi connectivity index (χ1n) is 6.43. The fourth-order valence-electron chi connectivity index (χ4n) is 2.02. The highest BCUT2D eigenvalue weighted by Crippen LogP contribution is 2.19. The maximum Gasteiger partial charge on any atom is 0.326 e. The molecule has 0 aromatic rings. The van der Waals surface area contributed by atoms with E-state index in [1.807, 2.05) is 13.8 Å². The standard InChI is InChI=1S/C12H22N2O4/c1-3-4-10(11(15)16)14-12(17)13-7-9-5-6-18-8(9)2/h8-10H,3-7H2,1-2H3,(H,15,16)(H2,13,14,17)/t8?,9?,10-/m1/s1. The number of carbonyl (C=O) groups is 2. The minimum absolute atomic E-state index is 0.149. The van der Waals surface area contributed by atoms with E-state index in [4.69, 9.17) is 9.84 Å². The van der Waals surface area contributed by atoms with Crippen molar-refractivity contribution in [3.63, 3.8) is 0 Å². The summed E-state index contributed by atoms with van der Waals surface area (Å²) in [4.78, 5) is 22.4. The van der Waals surface area contributed by atoms with Crippen LogP contribution in [-0.4, -0.2) is 42.4 Å². The highest BCUT2D eigenvalue weighted by molar-refractivity contribution is 5.82. The molecule has 0 aromatic heterocycles. The Balaban J connectivity index is 2.29. The van der Waals surface area contributed by atoms with Gasteiger partial charge in [-0.25, -0.2) is 9.59 Å². The molecule has 104 valence electrons. The number of hydrogen-bond donors (Lipinski definition) is 3. The Bertz CT molecular complexity index is 296. The van der Waals surface area contributed by atoms with Gasteiger partial charge in [-0.05, 0) is 19.8 Å². The van der Waals surface area contributed by atoms with Gasteiger partial charge in [0.2, 0.25) is 0 Å². The largest absolute Gasteiger partial charge is 0.480 e. The first-order chi connectivity index (χ1) is 8.54. The third-order valence-electron chi connectivity index (χ3n) is 3.24. The summed E-state index contributed by atoms with van der Waals surface area (Å²) in [7, 11) is 0. The van der Waals surface area contributed by atoms with Gasteiger partial charge in [0.25, 0.3) is 0 Å². The van der Waals surface area contributed by atoms with Crippen LogP contribution in [0.3, 0.4) is 0 Å². The molecule has 6 heteroatoms. The van der Waals surface area contributed by atoms with Crippen molar-refractivity contribution in [2.24, 2.45) is 5.92 Å². The van der Waals surface area contributed by atoms with Crippen LogP contribution in [0.1, 0.15) is 33.1 Å². The lowest BCUT2D eigenvalue weighted by Crippen LogP contribution is -2.47. The number of rotatable bonds is 6. The molecule has 0 saturated carbocycles. The zero-order valence-corrected chi connectivity index (χ0v) is 10.9. The van der Waals surface area contributed by atoms with Crippen molar-refractivity contribution in [1.82, 2.24) is 10.6 Å². The molecule has 1 saturated heterocycles. The number of carboxylic acids is 1. The zero-order valence-electron chi connectivity index (χ0n) is 10.9. The number of ether oxygens (including phenoxy) is 1. The lowest BCUT2D eigenvalue weighted by molar-refractivity contribution is -0.139. The average Bonchev–Trinajstić information content (AvgIpc) is 2.71. The van der Waals surface area contributed by atoms with Gasteiger partial charge in [-0.1, -0.05) is 13.3 Å². The first kappa shape index (κ1) is 14.8. The van der Waals surface area contributed by atoms with Crippen molar-refractivity contribution >= 4 is 12.0 Å². The second-order valence-electron chi connectivity index (χ2n) is 4.66. The number of carboxylic acid groups (broad SMARTS) is 1. The summed E-state index contributed by atoms with van der Waals surface area (Å²) in [5.74, 6) is -0.685. The number of aliphatic carboxylic acids is 1. The predicted molar refractivity (Wildman–Crippen MR) is 66.4 cm³/mol. The Labute approximate surface area is 107 Å². The van der Waals surface area contributed by atoms with Gasteiger partial charge in [0.05, 0.1) is 6.10 Å². The van der Waals surface area contributed by atoms with Crippen LogP contribution in [0.15, 0.2) is 0 Å². The molecule has 1 aliphatic heterocycles. The lowest BCUT2D eigenvalue weighted by atomic mass is 10.0. The maximum absolute atomic E-state index is 11.6. The summed E-state index contributed by atoms with van der Waals surface area (Å²) in [6, 6.07) is -1.23. The van der Waals surface area contributed by atoms with Gasteiger partial charge in [-0.15, -0.1) is 0 Å².